The van der Waals surface area contributed by atoms with Crippen molar-refractivity contribution < 1.29 is 4.79 Å². The molecule has 4 heteroatoms. The summed E-state index contributed by atoms with van der Waals surface area (Å²) in [5.41, 5.74) is 3.79. The molecule has 1 amide bonds. The molecule has 0 saturated heterocycles. The molecule has 2 heterocycles. The van der Waals surface area contributed by atoms with Crippen molar-refractivity contribution in [2.24, 2.45) is 0 Å². The van der Waals surface area contributed by atoms with E-state index in [-0.39, 0.29) is 5.91 Å². The molecule has 0 saturated carbocycles. The molecule has 0 atom stereocenters. The van der Waals surface area contributed by atoms with E-state index in [4.69, 9.17) is 0 Å². The molecule has 21 heavy (non-hydrogen) atoms. The van der Waals surface area contributed by atoms with Crippen LogP contribution in [0.25, 0.3) is 0 Å². The van der Waals surface area contributed by atoms with Gasteiger partial charge in [-0.05, 0) is 30.5 Å². The van der Waals surface area contributed by atoms with Gasteiger partial charge in [-0.25, -0.2) is 0 Å². The SMILES string of the molecule is CCCNc1cncc(C(=O)N2CCc3ccccc32)c1. The summed E-state index contributed by atoms with van der Waals surface area (Å²) >= 11 is 0. The number of fused-ring (bicyclic) bond motifs is 1. The molecule has 4 nitrogen and oxygen atoms in total. The van der Waals surface area contributed by atoms with E-state index in [2.05, 4.69) is 23.3 Å². The monoisotopic (exact) mass is 281 g/mol. The molecule has 1 aliphatic heterocycles. The Bertz CT molecular complexity index is 654. The Morgan fingerprint density at radius 3 is 3.05 bits per heavy atom. The lowest BCUT2D eigenvalue weighted by Crippen LogP contribution is -2.29. The van der Waals surface area contributed by atoms with Gasteiger partial charge in [-0.2, -0.15) is 0 Å². The summed E-state index contributed by atoms with van der Waals surface area (Å²) in [5, 5.41) is 3.27. The summed E-state index contributed by atoms with van der Waals surface area (Å²) in [5.74, 6) is 0.0209. The molecule has 0 radical (unpaired) electrons. The average Bonchev–Trinajstić information content (AvgIpc) is 2.96. The van der Waals surface area contributed by atoms with Crippen LogP contribution in [0.3, 0.4) is 0 Å². The van der Waals surface area contributed by atoms with Crippen LogP contribution in [0, 0.1) is 0 Å². The Morgan fingerprint density at radius 1 is 1.33 bits per heavy atom. The van der Waals surface area contributed by atoms with E-state index in [1.54, 1.807) is 12.4 Å². The molecule has 1 N–H and O–H groups in total. The van der Waals surface area contributed by atoms with Gasteiger partial charge in [0.2, 0.25) is 0 Å². The van der Waals surface area contributed by atoms with Crippen LogP contribution >= 0.6 is 0 Å². The van der Waals surface area contributed by atoms with E-state index in [9.17, 15) is 4.79 Å². The average molecular weight is 281 g/mol. The van der Waals surface area contributed by atoms with Crippen molar-refractivity contribution in [2.45, 2.75) is 19.8 Å². The van der Waals surface area contributed by atoms with Crippen LogP contribution in [0.5, 0.6) is 0 Å². The van der Waals surface area contributed by atoms with Crippen molar-refractivity contribution in [3.05, 3.63) is 53.9 Å². The summed E-state index contributed by atoms with van der Waals surface area (Å²) in [6.07, 6.45) is 5.35. The zero-order valence-electron chi connectivity index (χ0n) is 12.2. The van der Waals surface area contributed by atoms with Crippen LogP contribution in [-0.4, -0.2) is 24.0 Å². The number of anilines is 2. The van der Waals surface area contributed by atoms with E-state index in [0.717, 1.165) is 37.3 Å². The molecular weight excluding hydrogens is 262 g/mol. The lowest BCUT2D eigenvalue weighted by Gasteiger charge is -2.17. The number of pyridine rings is 1. The van der Waals surface area contributed by atoms with E-state index in [1.807, 2.05) is 29.2 Å². The van der Waals surface area contributed by atoms with Crippen LogP contribution < -0.4 is 10.2 Å². The minimum absolute atomic E-state index is 0.0209. The second kappa shape index (κ2) is 5.95. The lowest BCUT2D eigenvalue weighted by atomic mass is 10.2. The van der Waals surface area contributed by atoms with Gasteiger partial charge < -0.3 is 10.2 Å². The van der Waals surface area contributed by atoms with Crippen molar-refractivity contribution in [3.63, 3.8) is 0 Å². The van der Waals surface area contributed by atoms with Gasteiger partial charge in [0, 0.05) is 31.2 Å². The lowest BCUT2D eigenvalue weighted by molar-refractivity contribution is 0.0989. The maximum atomic E-state index is 12.7. The van der Waals surface area contributed by atoms with Gasteiger partial charge >= 0.3 is 0 Å². The van der Waals surface area contributed by atoms with Crippen LogP contribution in [0.4, 0.5) is 11.4 Å². The molecule has 3 rings (SSSR count). The number of para-hydroxylation sites is 1. The van der Waals surface area contributed by atoms with Crippen LogP contribution in [0.2, 0.25) is 0 Å². The van der Waals surface area contributed by atoms with Crippen molar-refractivity contribution >= 4 is 17.3 Å². The number of carbonyl (C=O) groups is 1. The molecule has 0 fully saturated rings. The number of carbonyl (C=O) groups excluding carboxylic acids is 1. The first kappa shape index (κ1) is 13.6. The highest BCUT2D eigenvalue weighted by Gasteiger charge is 2.25. The number of rotatable bonds is 4. The van der Waals surface area contributed by atoms with Crippen LogP contribution in [-0.2, 0) is 6.42 Å². The van der Waals surface area contributed by atoms with Gasteiger partial charge in [0.15, 0.2) is 0 Å². The first-order valence-corrected chi connectivity index (χ1v) is 7.38. The molecule has 0 bridgehead atoms. The third-order valence-corrected chi connectivity index (χ3v) is 3.70. The van der Waals surface area contributed by atoms with Crippen molar-refractivity contribution in [3.8, 4) is 0 Å². The zero-order valence-corrected chi connectivity index (χ0v) is 12.2. The zero-order chi connectivity index (χ0) is 14.7. The summed E-state index contributed by atoms with van der Waals surface area (Å²) < 4.78 is 0. The van der Waals surface area contributed by atoms with E-state index >= 15 is 0 Å². The van der Waals surface area contributed by atoms with Crippen molar-refractivity contribution in [2.75, 3.05) is 23.3 Å². The smallest absolute Gasteiger partial charge is 0.259 e. The molecule has 1 aromatic carbocycles. The van der Waals surface area contributed by atoms with Gasteiger partial charge in [-0.15, -0.1) is 0 Å². The third kappa shape index (κ3) is 2.75. The summed E-state index contributed by atoms with van der Waals surface area (Å²) in [6.45, 7) is 3.73. The highest BCUT2D eigenvalue weighted by Crippen LogP contribution is 2.29. The summed E-state index contributed by atoms with van der Waals surface area (Å²) in [7, 11) is 0. The van der Waals surface area contributed by atoms with Gasteiger partial charge in [0.1, 0.15) is 0 Å². The summed E-state index contributed by atoms with van der Waals surface area (Å²) in [6, 6.07) is 9.96. The number of hydrogen-bond acceptors (Lipinski definition) is 3. The topological polar surface area (TPSA) is 45.2 Å². The van der Waals surface area contributed by atoms with Gasteiger partial charge in [0.25, 0.3) is 5.91 Å². The molecule has 2 aromatic rings. The van der Waals surface area contributed by atoms with Crippen molar-refractivity contribution in [1.29, 1.82) is 0 Å². The standard InChI is InChI=1S/C17H19N3O/c1-2-8-19-15-10-14(11-18-12-15)17(21)20-9-7-13-5-3-4-6-16(13)20/h3-6,10-12,19H,2,7-9H2,1H3. The fourth-order valence-electron chi connectivity index (χ4n) is 2.63. The van der Waals surface area contributed by atoms with Gasteiger partial charge in [-0.3, -0.25) is 9.78 Å². The van der Waals surface area contributed by atoms with Crippen LogP contribution in [0.15, 0.2) is 42.7 Å². The first-order chi connectivity index (χ1) is 10.3. The molecule has 108 valence electrons. The molecule has 1 aromatic heterocycles. The minimum Gasteiger partial charge on any atom is -0.384 e. The number of nitrogens with one attached hydrogen (secondary N) is 1. The van der Waals surface area contributed by atoms with Gasteiger partial charge in [-0.1, -0.05) is 25.1 Å². The quantitative estimate of drug-likeness (QED) is 0.936. The maximum absolute atomic E-state index is 12.7. The molecular formula is C17H19N3O. The van der Waals surface area contributed by atoms with Crippen molar-refractivity contribution in [1.82, 2.24) is 4.98 Å². The fraction of sp³-hybridized carbons (Fsp3) is 0.294. The normalized spacial score (nSPS) is 13.1. The molecule has 0 aliphatic carbocycles. The largest absolute Gasteiger partial charge is 0.384 e. The van der Waals surface area contributed by atoms with Gasteiger partial charge in [0.05, 0.1) is 11.3 Å². The van der Waals surface area contributed by atoms with E-state index in [1.165, 1.54) is 5.56 Å². The molecule has 0 unspecified atom stereocenters. The number of aromatic nitrogens is 1. The van der Waals surface area contributed by atoms with Crippen LogP contribution in [0.1, 0.15) is 29.3 Å². The second-order valence-corrected chi connectivity index (χ2v) is 5.22. The Labute approximate surface area is 124 Å². The Hall–Kier alpha value is -2.36. The third-order valence-electron chi connectivity index (χ3n) is 3.70. The Balaban J connectivity index is 1.83. The fourth-order valence-corrected chi connectivity index (χ4v) is 2.63. The minimum atomic E-state index is 0.0209. The first-order valence-electron chi connectivity index (χ1n) is 7.38. The summed E-state index contributed by atoms with van der Waals surface area (Å²) in [4.78, 5) is 18.7. The Morgan fingerprint density at radius 2 is 2.19 bits per heavy atom. The predicted molar refractivity (Wildman–Crippen MR) is 84.8 cm³/mol. The predicted octanol–water partition coefficient (Wildman–Crippen LogP) is 3.11. The van der Waals surface area contributed by atoms with E-state index in [0.29, 0.717) is 5.56 Å². The number of nitrogens with zero attached hydrogens (tertiary/aromatic N) is 2. The highest BCUT2D eigenvalue weighted by molar-refractivity contribution is 6.07. The number of amides is 1. The molecule has 1 aliphatic rings. The Kier molecular flexibility index (Phi) is 3.86. The second-order valence-electron chi connectivity index (χ2n) is 5.22. The highest BCUT2D eigenvalue weighted by atomic mass is 16.2. The van der Waals surface area contributed by atoms with E-state index < -0.39 is 0 Å². The number of hydrogen-bond donors (Lipinski definition) is 1. The number of benzene rings is 1. The molecule has 0 spiro atoms. The maximum Gasteiger partial charge on any atom is 0.259 e.